The van der Waals surface area contributed by atoms with Gasteiger partial charge in [0.2, 0.25) is 0 Å². The highest BCUT2D eigenvalue weighted by Crippen LogP contribution is 2.34. The van der Waals surface area contributed by atoms with Crippen LogP contribution in [0.5, 0.6) is 11.5 Å². The van der Waals surface area contributed by atoms with Gasteiger partial charge in [-0.1, -0.05) is 18.2 Å². The fraction of sp³-hybridized carbons (Fsp3) is 0.118. The molecule has 3 nitrogen and oxygen atoms in total. The number of hydrogen-bond acceptors (Lipinski definition) is 3. The molecule has 0 amide bonds. The van der Waals surface area contributed by atoms with Crippen molar-refractivity contribution < 1.29 is 4.74 Å². The third-order valence-corrected chi connectivity index (χ3v) is 3.39. The zero-order chi connectivity index (χ0) is 14.1. The minimum atomic E-state index is 0.710. The number of pyridine rings is 1. The number of benzene rings is 2. The van der Waals surface area contributed by atoms with E-state index >= 15 is 0 Å². The standard InChI is InChI=1S/C17H16N2O/c1-11-5-3-6-12(2)17(11)20-15-9-8-14(18)13-7-4-10-19-16(13)15/h3-10H,18H2,1-2H3. The summed E-state index contributed by atoms with van der Waals surface area (Å²) in [5, 5.41) is 0.913. The van der Waals surface area contributed by atoms with Gasteiger partial charge in [-0.2, -0.15) is 0 Å². The monoisotopic (exact) mass is 264 g/mol. The second-order valence-corrected chi connectivity index (χ2v) is 4.88. The first-order chi connectivity index (χ1) is 9.66. The highest BCUT2D eigenvalue weighted by atomic mass is 16.5. The number of nitrogens with two attached hydrogens (primary N) is 1. The van der Waals surface area contributed by atoms with Crippen molar-refractivity contribution in [3.05, 3.63) is 59.8 Å². The van der Waals surface area contributed by atoms with Gasteiger partial charge >= 0.3 is 0 Å². The van der Waals surface area contributed by atoms with E-state index in [2.05, 4.69) is 4.98 Å². The van der Waals surface area contributed by atoms with Crippen LogP contribution in [0.3, 0.4) is 0 Å². The lowest BCUT2D eigenvalue weighted by molar-refractivity contribution is 0.479. The summed E-state index contributed by atoms with van der Waals surface area (Å²) < 4.78 is 6.09. The summed E-state index contributed by atoms with van der Waals surface area (Å²) in [6.45, 7) is 4.07. The smallest absolute Gasteiger partial charge is 0.153 e. The average Bonchev–Trinajstić information content (AvgIpc) is 2.46. The van der Waals surface area contributed by atoms with Crippen LogP contribution < -0.4 is 10.5 Å². The maximum Gasteiger partial charge on any atom is 0.153 e. The van der Waals surface area contributed by atoms with E-state index in [9.17, 15) is 0 Å². The largest absolute Gasteiger partial charge is 0.455 e. The molecular weight excluding hydrogens is 248 g/mol. The Morgan fingerprint density at radius 3 is 2.45 bits per heavy atom. The van der Waals surface area contributed by atoms with Crippen molar-refractivity contribution in [2.24, 2.45) is 0 Å². The van der Waals surface area contributed by atoms with Gasteiger partial charge in [0.25, 0.3) is 0 Å². The summed E-state index contributed by atoms with van der Waals surface area (Å²) in [6, 6.07) is 13.7. The second-order valence-electron chi connectivity index (χ2n) is 4.88. The van der Waals surface area contributed by atoms with E-state index in [-0.39, 0.29) is 0 Å². The number of ether oxygens (including phenoxy) is 1. The number of nitrogen functional groups attached to an aromatic ring is 1. The summed E-state index contributed by atoms with van der Waals surface area (Å²) in [7, 11) is 0. The van der Waals surface area contributed by atoms with Gasteiger partial charge in [-0.05, 0) is 49.2 Å². The zero-order valence-corrected chi connectivity index (χ0v) is 11.6. The van der Waals surface area contributed by atoms with Gasteiger partial charge in [0.1, 0.15) is 11.3 Å². The summed E-state index contributed by atoms with van der Waals surface area (Å²) >= 11 is 0. The van der Waals surface area contributed by atoms with Crippen LogP contribution in [-0.4, -0.2) is 4.98 Å². The van der Waals surface area contributed by atoms with E-state index < -0.39 is 0 Å². The predicted octanol–water partition coefficient (Wildman–Crippen LogP) is 4.23. The lowest BCUT2D eigenvalue weighted by Gasteiger charge is -2.13. The summed E-state index contributed by atoms with van der Waals surface area (Å²) in [6.07, 6.45) is 1.75. The number of anilines is 1. The number of para-hydroxylation sites is 1. The van der Waals surface area contributed by atoms with Crippen LogP contribution in [-0.2, 0) is 0 Å². The third-order valence-electron chi connectivity index (χ3n) is 3.39. The molecule has 0 aliphatic carbocycles. The van der Waals surface area contributed by atoms with Crippen LogP contribution in [0.4, 0.5) is 5.69 Å². The fourth-order valence-electron chi connectivity index (χ4n) is 2.32. The van der Waals surface area contributed by atoms with Crippen LogP contribution >= 0.6 is 0 Å². The van der Waals surface area contributed by atoms with E-state index in [0.717, 1.165) is 33.5 Å². The number of aromatic nitrogens is 1. The van der Waals surface area contributed by atoms with Crippen molar-refractivity contribution >= 4 is 16.6 Å². The van der Waals surface area contributed by atoms with Crippen LogP contribution in [0.15, 0.2) is 48.7 Å². The Morgan fingerprint density at radius 1 is 0.950 bits per heavy atom. The molecule has 0 saturated carbocycles. The molecule has 0 bridgehead atoms. The molecule has 0 atom stereocenters. The molecule has 0 saturated heterocycles. The molecule has 3 rings (SSSR count). The second kappa shape index (κ2) is 4.85. The lowest BCUT2D eigenvalue weighted by atomic mass is 10.1. The molecule has 1 aromatic heterocycles. The first kappa shape index (κ1) is 12.5. The first-order valence-corrected chi connectivity index (χ1v) is 6.54. The van der Waals surface area contributed by atoms with Crippen LogP contribution in [0, 0.1) is 13.8 Å². The van der Waals surface area contributed by atoms with E-state index in [0.29, 0.717) is 5.69 Å². The Morgan fingerprint density at radius 2 is 1.70 bits per heavy atom. The molecule has 3 aromatic rings. The van der Waals surface area contributed by atoms with Crippen molar-refractivity contribution in [3.8, 4) is 11.5 Å². The van der Waals surface area contributed by atoms with Crippen LogP contribution in [0.2, 0.25) is 0 Å². The van der Waals surface area contributed by atoms with E-state index in [1.54, 1.807) is 6.20 Å². The summed E-state index contributed by atoms with van der Waals surface area (Å²) in [4.78, 5) is 4.39. The molecule has 0 radical (unpaired) electrons. The summed E-state index contributed by atoms with van der Waals surface area (Å²) in [5.74, 6) is 1.61. The van der Waals surface area contributed by atoms with Gasteiger partial charge in [-0.25, -0.2) is 0 Å². The first-order valence-electron chi connectivity index (χ1n) is 6.54. The highest BCUT2D eigenvalue weighted by Gasteiger charge is 2.10. The minimum absolute atomic E-state index is 0.710. The van der Waals surface area contributed by atoms with E-state index in [4.69, 9.17) is 10.5 Å². The Hall–Kier alpha value is -2.55. The van der Waals surface area contributed by atoms with Gasteiger partial charge < -0.3 is 10.5 Å². The van der Waals surface area contributed by atoms with Gasteiger partial charge in [-0.3, -0.25) is 4.98 Å². The SMILES string of the molecule is Cc1cccc(C)c1Oc1ccc(N)c2cccnc12. The van der Waals surface area contributed by atoms with Crippen molar-refractivity contribution in [1.82, 2.24) is 4.98 Å². The van der Waals surface area contributed by atoms with Crippen LogP contribution in [0.1, 0.15) is 11.1 Å². The molecular formula is C17H16N2O. The molecule has 0 fully saturated rings. The average molecular weight is 264 g/mol. The maximum atomic E-state index is 6.09. The number of rotatable bonds is 2. The predicted molar refractivity (Wildman–Crippen MR) is 82.1 cm³/mol. The Labute approximate surface area is 118 Å². The topological polar surface area (TPSA) is 48.1 Å². The molecule has 1 heterocycles. The van der Waals surface area contributed by atoms with Crippen molar-refractivity contribution in [1.29, 1.82) is 0 Å². The molecule has 3 heteroatoms. The minimum Gasteiger partial charge on any atom is -0.455 e. The van der Waals surface area contributed by atoms with Gasteiger partial charge in [0, 0.05) is 17.3 Å². The number of hydrogen-bond donors (Lipinski definition) is 1. The van der Waals surface area contributed by atoms with Crippen LogP contribution in [0.25, 0.3) is 10.9 Å². The normalized spacial score (nSPS) is 10.7. The van der Waals surface area contributed by atoms with E-state index in [1.165, 1.54) is 0 Å². The molecule has 0 aliphatic heterocycles. The Bertz CT molecular complexity index is 761. The third kappa shape index (κ3) is 2.07. The number of fused-ring (bicyclic) bond motifs is 1. The molecule has 0 aliphatic rings. The van der Waals surface area contributed by atoms with Gasteiger partial charge in [0.05, 0.1) is 0 Å². The molecule has 0 spiro atoms. The maximum absolute atomic E-state index is 6.09. The highest BCUT2D eigenvalue weighted by molar-refractivity contribution is 5.94. The molecule has 2 aromatic carbocycles. The van der Waals surface area contributed by atoms with Crippen molar-refractivity contribution in [3.63, 3.8) is 0 Å². The fourth-order valence-corrected chi connectivity index (χ4v) is 2.32. The van der Waals surface area contributed by atoms with Gasteiger partial charge in [0.15, 0.2) is 5.75 Å². The summed E-state index contributed by atoms with van der Waals surface area (Å²) in [5.41, 5.74) is 9.69. The molecule has 2 N–H and O–H groups in total. The van der Waals surface area contributed by atoms with Crippen molar-refractivity contribution in [2.75, 3.05) is 5.73 Å². The van der Waals surface area contributed by atoms with Crippen molar-refractivity contribution in [2.45, 2.75) is 13.8 Å². The zero-order valence-electron chi connectivity index (χ0n) is 11.6. The quantitative estimate of drug-likeness (QED) is 0.705. The number of nitrogens with zero attached hydrogens (tertiary/aromatic N) is 1. The Kier molecular flexibility index (Phi) is 3.03. The van der Waals surface area contributed by atoms with E-state index in [1.807, 2.05) is 56.3 Å². The molecule has 20 heavy (non-hydrogen) atoms. The molecule has 100 valence electrons. The Balaban J connectivity index is 2.14. The van der Waals surface area contributed by atoms with Gasteiger partial charge in [-0.15, -0.1) is 0 Å². The molecule has 0 unspecified atom stereocenters. The lowest BCUT2D eigenvalue weighted by Crippen LogP contribution is -1.95. The number of aryl methyl sites for hydroxylation is 2.